The molecule has 0 rings (SSSR count). The molecule has 0 aliphatic carbocycles. The number of rotatable bonds is 2. The van der Waals surface area contributed by atoms with Gasteiger partial charge in [-0.25, -0.2) is 0 Å². The van der Waals surface area contributed by atoms with E-state index in [-0.39, 0.29) is 5.48 Å². The fourth-order valence-electron chi connectivity index (χ4n) is 0. The molecule has 0 spiro atoms. The summed E-state index contributed by atoms with van der Waals surface area (Å²) in [5.74, 6) is 0. The first kappa shape index (κ1) is 15.7. The van der Waals surface area contributed by atoms with Gasteiger partial charge in [-0.3, -0.25) is 0 Å². The molecule has 4 N–H and O–H groups in total. The lowest BCUT2D eigenvalue weighted by molar-refractivity contribution is 0.824. The molecule has 56 valence electrons. The minimum atomic E-state index is 0. The number of hydrogen-bond acceptors (Lipinski definition) is 2. The zero-order valence-electron chi connectivity index (χ0n) is 6.07. The molecule has 3 nitrogen and oxygen atoms in total. The van der Waals surface area contributed by atoms with E-state index in [9.17, 15) is 0 Å². The Bertz CT molecular complexity index is 47.0. The molecule has 0 aromatic heterocycles. The van der Waals surface area contributed by atoms with E-state index >= 15 is 0 Å². The summed E-state index contributed by atoms with van der Waals surface area (Å²) < 4.78 is 0. The second-order valence-corrected chi connectivity index (χ2v) is 1.22. The highest BCUT2D eigenvalue weighted by atomic mass is 16.0. The Labute approximate surface area is 56.4 Å². The van der Waals surface area contributed by atoms with E-state index in [1.165, 1.54) is 12.4 Å². The largest absolute Gasteiger partial charge is 0.412 e. The Morgan fingerprint density at radius 3 is 1.11 bits per heavy atom. The van der Waals surface area contributed by atoms with E-state index in [1.807, 2.05) is 13.8 Å². The van der Waals surface area contributed by atoms with Gasteiger partial charge in [-0.2, -0.15) is 0 Å². The van der Waals surface area contributed by atoms with Crippen molar-refractivity contribution in [3.05, 3.63) is 0 Å². The van der Waals surface area contributed by atoms with Crippen LogP contribution < -0.4 is 0 Å². The monoisotopic (exact) mass is 132 g/mol. The van der Waals surface area contributed by atoms with Crippen LogP contribution in [0.15, 0.2) is 0 Å². The van der Waals surface area contributed by atoms with Crippen LogP contribution in [0.25, 0.3) is 0 Å². The first-order chi connectivity index (χ1) is 3.83. The minimum Gasteiger partial charge on any atom is -0.412 e. The van der Waals surface area contributed by atoms with E-state index in [2.05, 4.69) is 0 Å². The van der Waals surface area contributed by atoms with Crippen LogP contribution in [-0.4, -0.2) is 17.9 Å². The van der Waals surface area contributed by atoms with Gasteiger partial charge < -0.3 is 16.3 Å². The highest BCUT2D eigenvalue weighted by molar-refractivity contribution is 5.52. The van der Waals surface area contributed by atoms with Gasteiger partial charge in [0.2, 0.25) is 0 Å². The molecule has 0 saturated heterocycles. The number of hydrogen-bond donors (Lipinski definition) is 2. The Morgan fingerprint density at radius 2 is 1.11 bits per heavy atom. The first-order valence-electron chi connectivity index (χ1n) is 2.81. The van der Waals surface area contributed by atoms with Crippen molar-refractivity contribution >= 4 is 12.4 Å². The summed E-state index contributed by atoms with van der Waals surface area (Å²) in [5.41, 5.74) is 0. The molecule has 0 saturated carbocycles. The summed E-state index contributed by atoms with van der Waals surface area (Å²) in [7, 11) is 0. The maximum atomic E-state index is 6.33. The van der Waals surface area contributed by atoms with Crippen LogP contribution in [0.2, 0.25) is 0 Å². The molecule has 3 heteroatoms. The Hall–Kier alpha value is -0.700. The maximum absolute atomic E-state index is 6.33. The van der Waals surface area contributed by atoms with Gasteiger partial charge in [-0.1, -0.05) is 13.8 Å². The summed E-state index contributed by atoms with van der Waals surface area (Å²) in [6, 6.07) is 0. The fourth-order valence-corrected chi connectivity index (χ4v) is 0. The van der Waals surface area contributed by atoms with E-state index < -0.39 is 0 Å². The molecule has 0 aliphatic rings. The predicted octanol–water partition coefficient (Wildman–Crippen LogP) is 1.27. The summed E-state index contributed by atoms with van der Waals surface area (Å²) in [5, 5.41) is 12.7. The summed E-state index contributed by atoms with van der Waals surface area (Å²) >= 11 is 0. The number of nitrogens with one attached hydrogen (secondary N) is 2. The molecule has 0 aromatic rings. The molecule has 0 radical (unpaired) electrons. The fraction of sp³-hybridized carbons (Fsp3) is 0.667. The van der Waals surface area contributed by atoms with E-state index in [4.69, 9.17) is 10.8 Å². The quantitative estimate of drug-likeness (QED) is 0.531. The topological polar surface area (TPSA) is 79.2 Å². The van der Waals surface area contributed by atoms with E-state index in [0.717, 1.165) is 12.8 Å². The van der Waals surface area contributed by atoms with Crippen molar-refractivity contribution in [1.82, 2.24) is 0 Å². The maximum Gasteiger partial charge on any atom is -0.00505 e. The van der Waals surface area contributed by atoms with Gasteiger partial charge >= 0.3 is 0 Å². The van der Waals surface area contributed by atoms with Crippen molar-refractivity contribution in [2.24, 2.45) is 0 Å². The average Bonchev–Trinajstić information content (AvgIpc) is 1.88. The zero-order valence-corrected chi connectivity index (χ0v) is 6.07. The van der Waals surface area contributed by atoms with Crippen LogP contribution in [0.4, 0.5) is 0 Å². The third-order valence-electron chi connectivity index (χ3n) is 0.408. The summed E-state index contributed by atoms with van der Waals surface area (Å²) in [6.45, 7) is 3.88. The Kier molecular flexibility index (Phi) is 46.5. The lowest BCUT2D eigenvalue weighted by atomic mass is 10.6. The zero-order chi connectivity index (χ0) is 6.83. The van der Waals surface area contributed by atoms with Crippen LogP contribution in [-0.2, 0) is 0 Å². The molecule has 0 aromatic carbocycles. The highest BCUT2D eigenvalue weighted by Gasteiger charge is 1.47. The van der Waals surface area contributed by atoms with Gasteiger partial charge in [-0.15, -0.1) is 0 Å². The van der Waals surface area contributed by atoms with Crippen molar-refractivity contribution in [2.45, 2.75) is 26.7 Å². The van der Waals surface area contributed by atoms with Gasteiger partial charge in [0.15, 0.2) is 0 Å². The molecule has 0 atom stereocenters. The van der Waals surface area contributed by atoms with Crippen LogP contribution in [0.3, 0.4) is 0 Å². The molecule has 9 heavy (non-hydrogen) atoms. The minimum absolute atomic E-state index is 0. The van der Waals surface area contributed by atoms with Gasteiger partial charge in [0.25, 0.3) is 0 Å². The van der Waals surface area contributed by atoms with Gasteiger partial charge in [0, 0.05) is 0 Å². The molecule has 0 bridgehead atoms. The molecule has 0 heterocycles. The van der Waals surface area contributed by atoms with Crippen LogP contribution in [0.5, 0.6) is 0 Å². The van der Waals surface area contributed by atoms with Crippen molar-refractivity contribution in [1.29, 1.82) is 10.8 Å². The molecular formula is C6H16N2O. The smallest absolute Gasteiger partial charge is 0.00505 e. The normalized spacial score (nSPS) is 5.56. The van der Waals surface area contributed by atoms with Gasteiger partial charge in [0.05, 0.1) is 0 Å². The molecule has 0 aliphatic heterocycles. The third kappa shape index (κ3) is 121. The lowest BCUT2D eigenvalue weighted by Gasteiger charge is -1.56. The highest BCUT2D eigenvalue weighted by Crippen LogP contribution is 1.54. The Balaban J connectivity index is -0.0000000720. The predicted molar refractivity (Wildman–Crippen MR) is 41.8 cm³/mol. The van der Waals surface area contributed by atoms with E-state index in [1.54, 1.807) is 0 Å². The molecule has 0 unspecified atom stereocenters. The summed E-state index contributed by atoms with van der Waals surface area (Å²) in [4.78, 5) is 0. The first-order valence-corrected chi connectivity index (χ1v) is 2.81. The second kappa shape index (κ2) is 26.6. The Morgan fingerprint density at radius 1 is 1.00 bits per heavy atom. The molecular weight excluding hydrogens is 116 g/mol. The van der Waals surface area contributed by atoms with Crippen LogP contribution in [0.1, 0.15) is 26.7 Å². The second-order valence-electron chi connectivity index (χ2n) is 1.22. The third-order valence-corrected chi connectivity index (χ3v) is 0.408. The summed E-state index contributed by atoms with van der Waals surface area (Å²) in [6.07, 6.45) is 4.47. The SMILES string of the molecule is CCC=N.CCC=N.O. The van der Waals surface area contributed by atoms with Gasteiger partial charge in [-0.05, 0) is 25.3 Å². The van der Waals surface area contributed by atoms with Gasteiger partial charge in [0.1, 0.15) is 0 Å². The van der Waals surface area contributed by atoms with Crippen molar-refractivity contribution in [3.63, 3.8) is 0 Å². The van der Waals surface area contributed by atoms with Crippen LogP contribution in [0, 0.1) is 10.8 Å². The molecule has 0 amide bonds. The molecule has 0 fully saturated rings. The lowest BCUT2D eigenvalue weighted by Crippen LogP contribution is -1.52. The van der Waals surface area contributed by atoms with Crippen molar-refractivity contribution in [3.8, 4) is 0 Å². The van der Waals surface area contributed by atoms with Crippen LogP contribution >= 0.6 is 0 Å². The average molecular weight is 132 g/mol. The van der Waals surface area contributed by atoms with Crippen molar-refractivity contribution < 1.29 is 5.48 Å². The van der Waals surface area contributed by atoms with E-state index in [0.29, 0.717) is 0 Å². The van der Waals surface area contributed by atoms with Crippen molar-refractivity contribution in [2.75, 3.05) is 0 Å². The standard InChI is InChI=1S/2C3H7N.H2O/c2*1-2-3-4;/h2*3-4H,2H2,1H3;1H2.